The smallest absolute Gasteiger partial charge is 0.256 e. The number of anilines is 1. The topological polar surface area (TPSA) is 52.8 Å². The molecule has 0 aromatic carbocycles. The van der Waals surface area contributed by atoms with Crippen LogP contribution in [0.3, 0.4) is 0 Å². The van der Waals surface area contributed by atoms with E-state index in [4.69, 9.17) is 16.9 Å². The van der Waals surface area contributed by atoms with Crippen molar-refractivity contribution in [2.45, 2.75) is 19.8 Å². The molecule has 0 spiro atoms. The fourth-order valence-electron chi connectivity index (χ4n) is 2.31. The number of nitriles is 1. The third-order valence-electron chi connectivity index (χ3n) is 3.46. The highest BCUT2D eigenvalue weighted by Gasteiger charge is 2.47. The number of hydrogen-bond donors (Lipinski definition) is 0. The molecule has 4 nitrogen and oxygen atoms in total. The highest BCUT2D eigenvalue weighted by molar-refractivity contribution is 6.28. The van der Waals surface area contributed by atoms with Crippen molar-refractivity contribution in [3.8, 4) is 6.07 Å². The summed E-state index contributed by atoms with van der Waals surface area (Å²) in [6.07, 6.45) is 1.31. The first-order valence-electron chi connectivity index (χ1n) is 5.91. The maximum Gasteiger partial charge on any atom is 0.256 e. The van der Waals surface area contributed by atoms with Gasteiger partial charge in [0, 0.05) is 24.9 Å². The van der Waals surface area contributed by atoms with E-state index in [2.05, 4.69) is 9.97 Å². The van der Waals surface area contributed by atoms with E-state index in [1.54, 1.807) is 4.90 Å². The van der Waals surface area contributed by atoms with Crippen molar-refractivity contribution in [2.75, 3.05) is 18.0 Å². The first kappa shape index (κ1) is 13.9. The predicted octanol–water partition coefficient (Wildman–Crippen LogP) is 2.73. The number of halogens is 3. The third kappa shape index (κ3) is 2.47. The van der Waals surface area contributed by atoms with Gasteiger partial charge in [-0.1, -0.05) is 13.8 Å². The molecule has 1 aromatic rings. The van der Waals surface area contributed by atoms with E-state index >= 15 is 0 Å². The standard InChI is InChI=1S/C12H13ClF2N4/c1-7-5-19(6-8(2)12(7,14)15)10-9(3-16)4-17-11(13)18-10/h4,7-8H,5-6H2,1-2H3/t7-,8+. The molecule has 0 saturated carbocycles. The zero-order valence-corrected chi connectivity index (χ0v) is 11.3. The molecule has 0 radical (unpaired) electrons. The maximum atomic E-state index is 13.8. The molecule has 1 aromatic heterocycles. The van der Waals surface area contributed by atoms with Crippen LogP contribution >= 0.6 is 11.6 Å². The monoisotopic (exact) mass is 286 g/mol. The van der Waals surface area contributed by atoms with Crippen LogP contribution in [0.5, 0.6) is 0 Å². The fraction of sp³-hybridized carbons (Fsp3) is 0.583. The molecule has 7 heteroatoms. The van der Waals surface area contributed by atoms with E-state index in [1.165, 1.54) is 20.0 Å². The Balaban J connectivity index is 2.34. The summed E-state index contributed by atoms with van der Waals surface area (Å²) in [6.45, 7) is 3.27. The lowest BCUT2D eigenvalue weighted by molar-refractivity contribution is -0.105. The second-order valence-electron chi connectivity index (χ2n) is 4.87. The summed E-state index contributed by atoms with van der Waals surface area (Å²) in [6, 6.07) is 1.96. The predicted molar refractivity (Wildman–Crippen MR) is 67.2 cm³/mol. The second kappa shape index (κ2) is 4.89. The lowest BCUT2D eigenvalue weighted by Gasteiger charge is -2.41. The molecule has 102 valence electrons. The van der Waals surface area contributed by atoms with Gasteiger partial charge in [0.1, 0.15) is 11.6 Å². The minimum atomic E-state index is -2.71. The van der Waals surface area contributed by atoms with E-state index in [0.717, 1.165) is 0 Å². The van der Waals surface area contributed by atoms with Crippen molar-refractivity contribution in [2.24, 2.45) is 11.8 Å². The van der Waals surface area contributed by atoms with Crippen LogP contribution in [-0.4, -0.2) is 29.0 Å². The molecule has 2 heterocycles. The summed E-state index contributed by atoms with van der Waals surface area (Å²) in [5.74, 6) is -4.00. The van der Waals surface area contributed by atoms with Crippen LogP contribution in [0, 0.1) is 23.2 Å². The SMILES string of the molecule is C[C@@H]1CN(c2nc(Cl)ncc2C#N)C[C@H](C)C1(F)F. The Kier molecular flexibility index (Phi) is 3.59. The normalized spacial score (nSPS) is 26.0. The first-order chi connectivity index (χ1) is 8.86. The van der Waals surface area contributed by atoms with Gasteiger partial charge in [-0.05, 0) is 11.6 Å². The van der Waals surface area contributed by atoms with Gasteiger partial charge in [0.25, 0.3) is 5.92 Å². The van der Waals surface area contributed by atoms with E-state index in [1.807, 2.05) is 6.07 Å². The lowest BCUT2D eigenvalue weighted by Crippen LogP contribution is -2.52. The Morgan fingerprint density at radius 2 is 2.00 bits per heavy atom. The molecule has 19 heavy (non-hydrogen) atoms. The molecule has 0 unspecified atom stereocenters. The summed E-state index contributed by atoms with van der Waals surface area (Å²) in [5, 5.41) is 9.03. The van der Waals surface area contributed by atoms with Crippen molar-refractivity contribution < 1.29 is 8.78 Å². The van der Waals surface area contributed by atoms with E-state index in [0.29, 0.717) is 5.82 Å². The Morgan fingerprint density at radius 1 is 1.42 bits per heavy atom. The molecule has 0 N–H and O–H groups in total. The average molecular weight is 287 g/mol. The summed E-state index contributed by atoms with van der Waals surface area (Å²) in [5.41, 5.74) is 0.244. The number of piperidine rings is 1. The Bertz CT molecular complexity index is 515. The van der Waals surface area contributed by atoms with Crippen LogP contribution in [0.2, 0.25) is 5.28 Å². The number of aromatic nitrogens is 2. The molecular formula is C12H13ClF2N4. The average Bonchev–Trinajstić information content (AvgIpc) is 2.36. The Morgan fingerprint density at radius 3 is 2.53 bits per heavy atom. The van der Waals surface area contributed by atoms with Crippen LogP contribution in [0.15, 0.2) is 6.20 Å². The minimum Gasteiger partial charge on any atom is -0.354 e. The molecular weight excluding hydrogens is 274 g/mol. The summed E-state index contributed by atoms with van der Waals surface area (Å²) in [7, 11) is 0. The summed E-state index contributed by atoms with van der Waals surface area (Å²) >= 11 is 5.72. The van der Waals surface area contributed by atoms with Crippen molar-refractivity contribution >= 4 is 17.4 Å². The fourth-order valence-corrected chi connectivity index (χ4v) is 2.44. The lowest BCUT2D eigenvalue weighted by atomic mass is 9.87. The Labute approximate surface area is 115 Å². The molecule has 1 saturated heterocycles. The van der Waals surface area contributed by atoms with Gasteiger partial charge in [-0.25, -0.2) is 13.8 Å². The molecule has 1 aliphatic rings. The summed E-state index contributed by atoms with van der Waals surface area (Å²) in [4.78, 5) is 9.41. The van der Waals surface area contributed by atoms with Crippen molar-refractivity contribution in [1.29, 1.82) is 5.26 Å². The van der Waals surface area contributed by atoms with Gasteiger partial charge in [0.05, 0.1) is 6.20 Å². The number of rotatable bonds is 1. The Hall–Kier alpha value is -1.48. The summed E-state index contributed by atoms with van der Waals surface area (Å²) < 4.78 is 27.6. The van der Waals surface area contributed by atoms with Crippen LogP contribution < -0.4 is 4.90 Å². The van der Waals surface area contributed by atoms with E-state index in [-0.39, 0.29) is 23.9 Å². The number of hydrogen-bond acceptors (Lipinski definition) is 4. The zero-order chi connectivity index (χ0) is 14.2. The van der Waals surface area contributed by atoms with Gasteiger partial charge in [-0.2, -0.15) is 10.2 Å². The minimum absolute atomic E-state index is 0.00615. The molecule has 0 bridgehead atoms. The van der Waals surface area contributed by atoms with E-state index in [9.17, 15) is 8.78 Å². The van der Waals surface area contributed by atoms with Crippen molar-refractivity contribution in [1.82, 2.24) is 9.97 Å². The van der Waals surface area contributed by atoms with Crippen molar-refractivity contribution in [3.05, 3.63) is 17.0 Å². The van der Waals surface area contributed by atoms with Crippen LogP contribution in [0.4, 0.5) is 14.6 Å². The molecule has 1 aliphatic heterocycles. The molecule has 0 aliphatic carbocycles. The zero-order valence-electron chi connectivity index (χ0n) is 10.6. The number of alkyl halides is 2. The molecule has 0 amide bonds. The highest BCUT2D eigenvalue weighted by atomic mass is 35.5. The van der Waals surface area contributed by atoms with Gasteiger partial charge in [0.2, 0.25) is 5.28 Å². The van der Waals surface area contributed by atoms with Gasteiger partial charge in [-0.3, -0.25) is 0 Å². The van der Waals surface area contributed by atoms with Gasteiger partial charge >= 0.3 is 0 Å². The maximum absolute atomic E-state index is 13.8. The van der Waals surface area contributed by atoms with Crippen LogP contribution in [0.25, 0.3) is 0 Å². The van der Waals surface area contributed by atoms with Gasteiger partial charge < -0.3 is 4.90 Å². The van der Waals surface area contributed by atoms with E-state index < -0.39 is 17.8 Å². The van der Waals surface area contributed by atoms with Crippen LogP contribution in [0.1, 0.15) is 19.4 Å². The highest BCUT2D eigenvalue weighted by Crippen LogP contribution is 2.39. The molecule has 1 fully saturated rings. The van der Waals surface area contributed by atoms with Crippen molar-refractivity contribution in [3.63, 3.8) is 0 Å². The molecule has 2 rings (SSSR count). The third-order valence-corrected chi connectivity index (χ3v) is 3.64. The van der Waals surface area contributed by atoms with Crippen LogP contribution in [-0.2, 0) is 0 Å². The quantitative estimate of drug-likeness (QED) is 0.745. The molecule has 2 atom stereocenters. The first-order valence-corrected chi connectivity index (χ1v) is 6.29. The van der Waals surface area contributed by atoms with Gasteiger partial charge in [0.15, 0.2) is 5.82 Å². The van der Waals surface area contributed by atoms with Gasteiger partial charge in [-0.15, -0.1) is 0 Å². The second-order valence-corrected chi connectivity index (χ2v) is 5.21. The number of nitrogens with zero attached hydrogens (tertiary/aromatic N) is 4. The largest absolute Gasteiger partial charge is 0.354 e.